The zero-order valence-electron chi connectivity index (χ0n) is 9.12. The first-order chi connectivity index (χ1) is 7.81. The molecule has 0 atom stereocenters. The summed E-state index contributed by atoms with van der Waals surface area (Å²) in [4.78, 5) is 15.2. The number of methoxy groups -OCH3 is 1. The number of ether oxygens (including phenoxy) is 1. The average Bonchev–Trinajstić information content (AvgIpc) is 3.07. The van der Waals surface area contributed by atoms with E-state index >= 15 is 0 Å². The van der Waals surface area contributed by atoms with Crippen LogP contribution in [-0.2, 0) is 0 Å². The van der Waals surface area contributed by atoms with Crippen molar-refractivity contribution in [3.63, 3.8) is 0 Å². The van der Waals surface area contributed by atoms with Crippen LogP contribution in [0.15, 0.2) is 24.4 Å². The van der Waals surface area contributed by atoms with Crippen molar-refractivity contribution in [1.82, 2.24) is 4.98 Å². The number of H-pyrrole nitrogens is 1. The third kappa shape index (κ3) is 1.32. The minimum atomic E-state index is 0.240. The van der Waals surface area contributed by atoms with Crippen LogP contribution in [0.25, 0.3) is 10.9 Å². The molecule has 1 aromatic heterocycles. The van der Waals surface area contributed by atoms with Crippen LogP contribution in [-0.4, -0.2) is 17.9 Å². The molecule has 1 aromatic carbocycles. The SMILES string of the molecule is COc1cccc2[nH]cc(C(=O)C3CC3)c12. The lowest BCUT2D eigenvalue weighted by molar-refractivity contribution is 0.0969. The number of hydrogen-bond donors (Lipinski definition) is 1. The van der Waals surface area contributed by atoms with Gasteiger partial charge in [-0.05, 0) is 25.0 Å². The van der Waals surface area contributed by atoms with Gasteiger partial charge in [0.25, 0.3) is 0 Å². The van der Waals surface area contributed by atoms with Gasteiger partial charge in [0.2, 0.25) is 0 Å². The van der Waals surface area contributed by atoms with Gasteiger partial charge in [-0.25, -0.2) is 0 Å². The van der Waals surface area contributed by atoms with Gasteiger partial charge in [-0.2, -0.15) is 0 Å². The number of aromatic nitrogens is 1. The second kappa shape index (κ2) is 3.37. The van der Waals surface area contributed by atoms with E-state index in [4.69, 9.17) is 4.74 Å². The fourth-order valence-corrected chi connectivity index (χ4v) is 2.08. The molecule has 0 spiro atoms. The second-order valence-corrected chi connectivity index (χ2v) is 4.22. The predicted octanol–water partition coefficient (Wildman–Crippen LogP) is 2.77. The van der Waals surface area contributed by atoms with Crippen molar-refractivity contribution in [3.8, 4) is 5.75 Å². The number of hydrogen-bond acceptors (Lipinski definition) is 2. The van der Waals surface area contributed by atoms with Crippen LogP contribution in [0.4, 0.5) is 0 Å². The van der Waals surface area contributed by atoms with Crippen molar-refractivity contribution < 1.29 is 9.53 Å². The summed E-state index contributed by atoms with van der Waals surface area (Å²) >= 11 is 0. The highest BCUT2D eigenvalue weighted by Crippen LogP contribution is 2.37. The quantitative estimate of drug-likeness (QED) is 0.800. The summed E-state index contributed by atoms with van der Waals surface area (Å²) < 4.78 is 5.30. The van der Waals surface area contributed by atoms with Crippen molar-refractivity contribution in [1.29, 1.82) is 0 Å². The van der Waals surface area contributed by atoms with Gasteiger partial charge in [0.15, 0.2) is 5.78 Å². The smallest absolute Gasteiger partial charge is 0.168 e. The lowest BCUT2D eigenvalue weighted by atomic mass is 10.1. The molecule has 2 aromatic rings. The molecule has 3 heteroatoms. The number of fused-ring (bicyclic) bond motifs is 1. The number of rotatable bonds is 3. The summed E-state index contributed by atoms with van der Waals surface area (Å²) in [5, 5.41) is 0.918. The summed E-state index contributed by atoms with van der Waals surface area (Å²) in [7, 11) is 1.63. The molecule has 3 nitrogen and oxygen atoms in total. The van der Waals surface area contributed by atoms with Gasteiger partial charge in [-0.1, -0.05) is 6.07 Å². The van der Waals surface area contributed by atoms with E-state index in [0.29, 0.717) is 0 Å². The molecule has 1 aliphatic carbocycles. The molecular formula is C13H13NO2. The zero-order valence-corrected chi connectivity index (χ0v) is 9.12. The van der Waals surface area contributed by atoms with Gasteiger partial charge < -0.3 is 9.72 Å². The first kappa shape index (κ1) is 9.46. The highest BCUT2D eigenvalue weighted by atomic mass is 16.5. The maximum atomic E-state index is 12.1. The maximum absolute atomic E-state index is 12.1. The zero-order chi connectivity index (χ0) is 11.1. The van der Waals surface area contributed by atoms with Gasteiger partial charge in [-0.15, -0.1) is 0 Å². The molecular weight excluding hydrogens is 202 g/mol. The van der Waals surface area contributed by atoms with Crippen molar-refractivity contribution in [2.45, 2.75) is 12.8 Å². The Labute approximate surface area is 93.4 Å². The normalized spacial score (nSPS) is 15.3. The van der Waals surface area contributed by atoms with Crippen LogP contribution in [0.2, 0.25) is 0 Å². The molecule has 0 aliphatic heterocycles. The Bertz CT molecular complexity index is 552. The molecule has 0 radical (unpaired) electrons. The molecule has 82 valence electrons. The fraction of sp³-hybridized carbons (Fsp3) is 0.308. The molecule has 1 fully saturated rings. The van der Waals surface area contributed by atoms with Gasteiger partial charge >= 0.3 is 0 Å². The van der Waals surface area contributed by atoms with Crippen LogP contribution >= 0.6 is 0 Å². The highest BCUT2D eigenvalue weighted by Gasteiger charge is 2.32. The van der Waals surface area contributed by atoms with E-state index in [1.54, 1.807) is 13.3 Å². The summed E-state index contributed by atoms with van der Waals surface area (Å²) in [5.74, 6) is 1.25. The first-order valence-corrected chi connectivity index (χ1v) is 5.49. The largest absolute Gasteiger partial charge is 0.496 e. The lowest BCUT2D eigenvalue weighted by Gasteiger charge is -2.03. The molecule has 0 amide bonds. The lowest BCUT2D eigenvalue weighted by Crippen LogP contribution is -2.00. The maximum Gasteiger partial charge on any atom is 0.168 e. The van der Waals surface area contributed by atoms with E-state index in [2.05, 4.69) is 4.98 Å². The van der Waals surface area contributed by atoms with Crippen molar-refractivity contribution >= 4 is 16.7 Å². The molecule has 0 saturated heterocycles. The molecule has 1 heterocycles. The van der Waals surface area contributed by atoms with Crippen molar-refractivity contribution in [2.75, 3.05) is 7.11 Å². The molecule has 0 bridgehead atoms. The third-order valence-electron chi connectivity index (χ3n) is 3.10. The van der Waals surface area contributed by atoms with E-state index in [-0.39, 0.29) is 11.7 Å². The molecule has 3 rings (SSSR count). The van der Waals surface area contributed by atoms with Crippen molar-refractivity contribution in [3.05, 3.63) is 30.0 Å². The van der Waals surface area contributed by atoms with Crippen molar-refractivity contribution in [2.24, 2.45) is 5.92 Å². The molecule has 16 heavy (non-hydrogen) atoms. The number of aromatic amines is 1. The molecule has 1 saturated carbocycles. The number of benzene rings is 1. The highest BCUT2D eigenvalue weighted by molar-refractivity contribution is 6.11. The molecule has 1 aliphatic rings. The number of ketones is 1. The Balaban J connectivity index is 2.20. The van der Waals surface area contributed by atoms with Crippen LogP contribution < -0.4 is 4.74 Å². The minimum absolute atomic E-state index is 0.240. The Morgan fingerprint density at radius 3 is 2.94 bits per heavy atom. The number of carbonyl (C=O) groups is 1. The van der Waals surface area contributed by atoms with E-state index < -0.39 is 0 Å². The Kier molecular flexibility index (Phi) is 1.99. The third-order valence-corrected chi connectivity index (χ3v) is 3.10. The first-order valence-electron chi connectivity index (χ1n) is 5.49. The second-order valence-electron chi connectivity index (χ2n) is 4.22. The van der Waals surface area contributed by atoms with Crippen LogP contribution in [0.5, 0.6) is 5.75 Å². The Hall–Kier alpha value is -1.77. The number of Topliss-reactive ketones (excluding diaryl/α,β-unsaturated/α-hetero) is 1. The summed E-state index contributed by atoms with van der Waals surface area (Å²) in [6, 6.07) is 5.77. The van der Waals surface area contributed by atoms with Gasteiger partial charge in [-0.3, -0.25) is 4.79 Å². The van der Waals surface area contributed by atoms with Gasteiger partial charge in [0.1, 0.15) is 5.75 Å². The summed E-state index contributed by atoms with van der Waals surface area (Å²) in [6.07, 6.45) is 3.86. The molecule has 0 unspecified atom stereocenters. The average molecular weight is 215 g/mol. The van der Waals surface area contributed by atoms with Crippen LogP contribution in [0, 0.1) is 5.92 Å². The number of carbonyl (C=O) groups excluding carboxylic acids is 1. The monoisotopic (exact) mass is 215 g/mol. The van der Waals surface area contributed by atoms with Crippen LogP contribution in [0.1, 0.15) is 23.2 Å². The predicted molar refractivity (Wildman–Crippen MR) is 61.9 cm³/mol. The number of nitrogens with one attached hydrogen (secondary N) is 1. The van der Waals surface area contributed by atoms with Gasteiger partial charge in [0.05, 0.1) is 12.5 Å². The van der Waals surface area contributed by atoms with E-state index in [1.807, 2.05) is 18.2 Å². The minimum Gasteiger partial charge on any atom is -0.496 e. The summed E-state index contributed by atoms with van der Waals surface area (Å²) in [5.41, 5.74) is 1.73. The van der Waals surface area contributed by atoms with E-state index in [0.717, 1.165) is 35.1 Å². The van der Waals surface area contributed by atoms with Gasteiger partial charge in [0, 0.05) is 23.2 Å². The fourth-order valence-electron chi connectivity index (χ4n) is 2.08. The van der Waals surface area contributed by atoms with Crippen LogP contribution in [0.3, 0.4) is 0 Å². The standard InChI is InChI=1S/C13H13NO2/c1-16-11-4-2-3-10-12(11)9(7-14-10)13(15)8-5-6-8/h2-4,7-8,14H,5-6H2,1H3. The molecule has 1 N–H and O–H groups in total. The van der Waals surface area contributed by atoms with E-state index in [1.165, 1.54) is 0 Å². The van der Waals surface area contributed by atoms with E-state index in [9.17, 15) is 4.79 Å². The Morgan fingerprint density at radius 1 is 1.44 bits per heavy atom. The topological polar surface area (TPSA) is 42.1 Å². The Morgan fingerprint density at radius 2 is 2.25 bits per heavy atom. The summed E-state index contributed by atoms with van der Waals surface area (Å²) in [6.45, 7) is 0.